The Bertz CT molecular complexity index is 909. The Morgan fingerprint density at radius 3 is 2.52 bits per heavy atom. The lowest BCUT2D eigenvalue weighted by molar-refractivity contribution is -0.116. The number of amides is 1. The molecule has 0 aliphatic rings. The van der Waals surface area contributed by atoms with Crippen molar-refractivity contribution in [2.24, 2.45) is 0 Å². The molecule has 0 aromatic heterocycles. The maximum Gasteiger partial charge on any atom is 0.244 e. The van der Waals surface area contributed by atoms with Crippen molar-refractivity contribution in [1.29, 1.82) is 0 Å². The van der Waals surface area contributed by atoms with Gasteiger partial charge in [0.2, 0.25) is 15.9 Å². The highest BCUT2D eigenvalue weighted by Gasteiger charge is 2.17. The fraction of sp³-hybridized carbons (Fsp3) is 0.250. The molecule has 2 rings (SSSR count). The minimum absolute atomic E-state index is 0.0211. The quantitative estimate of drug-likeness (QED) is 0.681. The molecule has 0 heterocycles. The molecular weight excluding hydrogens is 364 g/mol. The molecule has 0 radical (unpaired) electrons. The summed E-state index contributed by atoms with van der Waals surface area (Å²) < 4.78 is 31.5. The molecule has 0 saturated carbocycles. The van der Waals surface area contributed by atoms with E-state index in [0.717, 1.165) is 5.56 Å². The van der Waals surface area contributed by atoms with E-state index in [0.29, 0.717) is 12.1 Å². The van der Waals surface area contributed by atoms with Gasteiger partial charge in [0.05, 0.1) is 7.11 Å². The summed E-state index contributed by atoms with van der Waals surface area (Å²) >= 11 is 0. The number of benzene rings is 2. The molecule has 1 amide bonds. The highest BCUT2D eigenvalue weighted by atomic mass is 32.2. The van der Waals surface area contributed by atoms with Gasteiger partial charge in [0.25, 0.3) is 0 Å². The maximum atomic E-state index is 12.1. The molecule has 0 bridgehead atoms. The van der Waals surface area contributed by atoms with E-state index in [9.17, 15) is 13.2 Å². The van der Waals surface area contributed by atoms with E-state index in [4.69, 9.17) is 4.74 Å². The number of hydrogen-bond donors (Lipinski definition) is 2. The first-order valence-electron chi connectivity index (χ1n) is 8.50. The Morgan fingerprint density at radius 1 is 1.19 bits per heavy atom. The third-order valence-corrected chi connectivity index (χ3v) is 5.56. The molecule has 144 valence electrons. The molecule has 0 spiro atoms. The zero-order chi connectivity index (χ0) is 19.9. The number of methoxy groups -OCH3 is 1. The topological polar surface area (TPSA) is 84.5 Å². The summed E-state index contributed by atoms with van der Waals surface area (Å²) in [5, 5.41) is 2.85. The molecule has 2 N–H and O–H groups in total. The third-order valence-electron chi connectivity index (χ3n) is 4.12. The second-order valence-corrected chi connectivity index (χ2v) is 7.86. The van der Waals surface area contributed by atoms with Crippen LogP contribution in [-0.2, 0) is 14.8 Å². The van der Waals surface area contributed by atoms with Gasteiger partial charge >= 0.3 is 0 Å². The van der Waals surface area contributed by atoms with Gasteiger partial charge in [-0.3, -0.25) is 4.79 Å². The summed E-state index contributed by atoms with van der Waals surface area (Å²) in [6.07, 6.45) is 2.95. The van der Waals surface area contributed by atoms with Crippen LogP contribution in [0.3, 0.4) is 0 Å². The summed E-state index contributed by atoms with van der Waals surface area (Å²) in [7, 11) is -0.928. The van der Waals surface area contributed by atoms with Crippen molar-refractivity contribution in [3.05, 3.63) is 65.7 Å². The first-order valence-corrected chi connectivity index (χ1v) is 9.98. The molecule has 1 atom stereocenters. The maximum absolute atomic E-state index is 12.1. The van der Waals surface area contributed by atoms with Crippen LogP contribution in [0.5, 0.6) is 5.75 Å². The van der Waals surface area contributed by atoms with Crippen LogP contribution in [-0.4, -0.2) is 35.0 Å². The van der Waals surface area contributed by atoms with Crippen LogP contribution in [0.15, 0.2) is 59.5 Å². The van der Waals surface area contributed by atoms with E-state index >= 15 is 0 Å². The zero-order valence-electron chi connectivity index (χ0n) is 15.6. The second-order valence-electron chi connectivity index (χ2n) is 6.01. The SMILES string of the molecule is CNS(=O)(=O)c1cc(/C=C/C(=O)NCC(C)c2ccccc2)ccc1OC. The monoisotopic (exact) mass is 388 g/mol. The molecule has 0 saturated heterocycles. The first-order chi connectivity index (χ1) is 12.9. The van der Waals surface area contributed by atoms with E-state index in [2.05, 4.69) is 10.0 Å². The minimum atomic E-state index is -3.66. The van der Waals surface area contributed by atoms with Crippen LogP contribution in [0.2, 0.25) is 0 Å². The highest BCUT2D eigenvalue weighted by molar-refractivity contribution is 7.89. The molecule has 6 nitrogen and oxygen atoms in total. The summed E-state index contributed by atoms with van der Waals surface area (Å²) in [6, 6.07) is 14.6. The predicted octanol–water partition coefficient (Wildman–Crippen LogP) is 2.54. The molecule has 1 unspecified atom stereocenters. The Kier molecular flexibility index (Phi) is 7.15. The number of hydrogen-bond acceptors (Lipinski definition) is 4. The fourth-order valence-corrected chi connectivity index (χ4v) is 3.43. The number of carbonyl (C=O) groups is 1. The molecule has 2 aromatic carbocycles. The third kappa shape index (κ3) is 5.67. The predicted molar refractivity (Wildman–Crippen MR) is 106 cm³/mol. The zero-order valence-corrected chi connectivity index (χ0v) is 16.4. The number of carbonyl (C=O) groups excluding carboxylic acids is 1. The van der Waals surface area contributed by atoms with Crippen molar-refractivity contribution in [2.45, 2.75) is 17.7 Å². The Morgan fingerprint density at radius 2 is 1.89 bits per heavy atom. The van der Waals surface area contributed by atoms with Gasteiger partial charge in [0, 0.05) is 12.6 Å². The summed E-state index contributed by atoms with van der Waals surface area (Å²) in [4.78, 5) is 12.1. The van der Waals surface area contributed by atoms with E-state index in [1.807, 2.05) is 37.3 Å². The van der Waals surface area contributed by atoms with Crippen LogP contribution in [0, 0.1) is 0 Å². The van der Waals surface area contributed by atoms with Crippen molar-refractivity contribution in [2.75, 3.05) is 20.7 Å². The van der Waals surface area contributed by atoms with Gasteiger partial charge in [-0.05, 0) is 42.3 Å². The Hall–Kier alpha value is -2.64. The van der Waals surface area contributed by atoms with Crippen LogP contribution in [0.4, 0.5) is 0 Å². The van der Waals surface area contributed by atoms with Gasteiger partial charge in [-0.1, -0.05) is 43.3 Å². The van der Waals surface area contributed by atoms with Gasteiger partial charge in [-0.15, -0.1) is 0 Å². The Labute approximate surface area is 160 Å². The average Bonchev–Trinajstić information content (AvgIpc) is 2.70. The molecular formula is C20H24N2O4S. The van der Waals surface area contributed by atoms with Crippen LogP contribution in [0.1, 0.15) is 24.0 Å². The largest absolute Gasteiger partial charge is 0.495 e. The van der Waals surface area contributed by atoms with Crippen molar-refractivity contribution < 1.29 is 17.9 Å². The molecule has 27 heavy (non-hydrogen) atoms. The van der Waals surface area contributed by atoms with Crippen LogP contribution >= 0.6 is 0 Å². The second kappa shape index (κ2) is 9.34. The van der Waals surface area contributed by atoms with Crippen molar-refractivity contribution in [3.8, 4) is 5.75 Å². The average molecular weight is 388 g/mol. The summed E-state index contributed by atoms with van der Waals surface area (Å²) in [5.74, 6) is 0.186. The number of nitrogens with one attached hydrogen (secondary N) is 2. The van der Waals surface area contributed by atoms with Gasteiger partial charge < -0.3 is 10.1 Å². The van der Waals surface area contributed by atoms with Gasteiger partial charge in [-0.2, -0.15) is 0 Å². The highest BCUT2D eigenvalue weighted by Crippen LogP contribution is 2.25. The van der Waals surface area contributed by atoms with Crippen molar-refractivity contribution in [3.63, 3.8) is 0 Å². The first kappa shape index (κ1) is 20.7. The summed E-state index contributed by atoms with van der Waals surface area (Å²) in [6.45, 7) is 2.55. The van der Waals surface area contributed by atoms with E-state index < -0.39 is 10.0 Å². The normalized spacial score (nSPS) is 12.7. The minimum Gasteiger partial charge on any atom is -0.495 e. The lowest BCUT2D eigenvalue weighted by Crippen LogP contribution is -2.25. The van der Waals surface area contributed by atoms with Crippen LogP contribution in [0.25, 0.3) is 6.08 Å². The van der Waals surface area contributed by atoms with E-state index in [1.165, 1.54) is 26.3 Å². The molecule has 0 fully saturated rings. The van der Waals surface area contributed by atoms with Crippen molar-refractivity contribution in [1.82, 2.24) is 10.0 Å². The number of sulfonamides is 1. The van der Waals surface area contributed by atoms with Crippen LogP contribution < -0.4 is 14.8 Å². The Balaban J connectivity index is 2.04. The lowest BCUT2D eigenvalue weighted by atomic mass is 10.0. The van der Waals surface area contributed by atoms with Gasteiger partial charge in [0.15, 0.2) is 0 Å². The van der Waals surface area contributed by atoms with Gasteiger partial charge in [-0.25, -0.2) is 13.1 Å². The molecule has 0 aliphatic heterocycles. The van der Waals surface area contributed by atoms with Gasteiger partial charge in [0.1, 0.15) is 10.6 Å². The lowest BCUT2D eigenvalue weighted by Gasteiger charge is -2.12. The number of rotatable bonds is 8. The molecule has 0 aliphatic carbocycles. The molecule has 7 heteroatoms. The van der Waals surface area contributed by atoms with Crippen molar-refractivity contribution >= 4 is 22.0 Å². The molecule has 2 aromatic rings. The standard InChI is InChI=1S/C20H24N2O4S/c1-15(17-7-5-4-6-8-17)14-22-20(23)12-10-16-9-11-18(26-3)19(13-16)27(24,25)21-2/h4-13,15,21H,14H2,1-3H3,(H,22,23)/b12-10+. The smallest absolute Gasteiger partial charge is 0.244 e. The fourth-order valence-electron chi connectivity index (χ4n) is 2.50. The number of ether oxygens (including phenoxy) is 1. The van der Waals surface area contributed by atoms with E-state index in [-0.39, 0.29) is 22.5 Å². The summed E-state index contributed by atoms with van der Waals surface area (Å²) in [5.41, 5.74) is 1.73. The van der Waals surface area contributed by atoms with E-state index in [1.54, 1.807) is 18.2 Å².